The van der Waals surface area contributed by atoms with Gasteiger partial charge in [0.2, 0.25) is 5.43 Å². The number of phenols is 7. The van der Waals surface area contributed by atoms with Crippen molar-refractivity contribution in [2.75, 3.05) is 0 Å². The van der Waals surface area contributed by atoms with Crippen LogP contribution in [0.15, 0.2) is 85.2 Å². The van der Waals surface area contributed by atoms with Gasteiger partial charge in [-0.1, -0.05) is 0 Å². The van der Waals surface area contributed by atoms with Crippen molar-refractivity contribution in [2.24, 2.45) is 0 Å². The maximum absolute atomic E-state index is 14.0. The minimum Gasteiger partial charge on any atom is -0.508 e. The molecule has 4 aromatic carbocycles. The van der Waals surface area contributed by atoms with Gasteiger partial charge in [0.1, 0.15) is 56.6 Å². The molecule has 7 N–H and O–H groups in total. The molecule has 0 radical (unpaired) electrons. The summed E-state index contributed by atoms with van der Waals surface area (Å²) >= 11 is 0. The Labute approximate surface area is 227 Å². The van der Waals surface area contributed by atoms with E-state index >= 15 is 0 Å². The normalized spacial score (nSPS) is 11.3. The summed E-state index contributed by atoms with van der Waals surface area (Å²) in [6, 6.07) is 13.0. The van der Waals surface area contributed by atoms with Crippen molar-refractivity contribution < 1.29 is 44.6 Å². The SMILES string of the molecule is O=c1c(-c2c(O)cc(O)c3c(=O)cc(-c4ccc(O)c(O)c4)oc23)c(-c2ccc(O)cc2)oc2cc(O)cc(O)c12. The van der Waals surface area contributed by atoms with E-state index in [4.69, 9.17) is 8.83 Å². The first-order valence-corrected chi connectivity index (χ1v) is 11.9. The van der Waals surface area contributed by atoms with E-state index in [1.54, 1.807) is 0 Å². The molecule has 0 aliphatic carbocycles. The van der Waals surface area contributed by atoms with E-state index in [9.17, 15) is 45.3 Å². The standard InChI is InChI=1S/C30H18O11/c31-14-4-1-12(2-5-14)29-27(28(39)25-18(35)8-15(32)9-23(25)41-29)26-20(37)10-19(36)24-21(38)11-22(40-30(24)26)13-3-6-16(33)17(34)7-13/h1-11,31-37H. The van der Waals surface area contributed by atoms with Gasteiger partial charge >= 0.3 is 0 Å². The summed E-state index contributed by atoms with van der Waals surface area (Å²) in [4.78, 5) is 27.2. The lowest BCUT2D eigenvalue weighted by Gasteiger charge is -2.15. The number of benzene rings is 4. The predicted molar refractivity (Wildman–Crippen MR) is 146 cm³/mol. The highest BCUT2D eigenvalue weighted by Crippen LogP contribution is 2.45. The number of hydrogen-bond donors (Lipinski definition) is 7. The zero-order valence-electron chi connectivity index (χ0n) is 20.6. The molecule has 11 heteroatoms. The Hall–Kier alpha value is -6.10. The van der Waals surface area contributed by atoms with Crippen molar-refractivity contribution in [1.29, 1.82) is 0 Å². The first-order chi connectivity index (χ1) is 19.5. The van der Waals surface area contributed by atoms with Crippen LogP contribution in [-0.2, 0) is 0 Å². The fourth-order valence-electron chi connectivity index (χ4n) is 4.69. The van der Waals surface area contributed by atoms with Crippen molar-refractivity contribution in [1.82, 2.24) is 0 Å². The predicted octanol–water partition coefficient (Wildman–Crippen LogP) is 4.84. The van der Waals surface area contributed by atoms with Crippen LogP contribution in [0.4, 0.5) is 0 Å². The van der Waals surface area contributed by atoms with Gasteiger partial charge in [0.25, 0.3) is 0 Å². The largest absolute Gasteiger partial charge is 0.508 e. The second kappa shape index (κ2) is 8.99. The van der Waals surface area contributed by atoms with Gasteiger partial charge in [-0.3, -0.25) is 9.59 Å². The molecule has 2 aromatic heterocycles. The molecule has 2 heterocycles. The van der Waals surface area contributed by atoms with Crippen LogP contribution in [-0.4, -0.2) is 35.7 Å². The van der Waals surface area contributed by atoms with E-state index in [0.717, 1.165) is 36.4 Å². The maximum Gasteiger partial charge on any atom is 0.205 e. The third kappa shape index (κ3) is 4.00. The molecule has 0 aliphatic rings. The minimum absolute atomic E-state index is 0.0977. The van der Waals surface area contributed by atoms with Gasteiger partial charge in [-0.2, -0.15) is 0 Å². The summed E-state index contributed by atoms with van der Waals surface area (Å²) < 4.78 is 11.9. The lowest BCUT2D eigenvalue weighted by atomic mass is 9.95. The van der Waals surface area contributed by atoms with Gasteiger partial charge in [0, 0.05) is 35.4 Å². The molecular weight excluding hydrogens is 536 g/mol. The van der Waals surface area contributed by atoms with E-state index in [1.807, 2.05) is 0 Å². The van der Waals surface area contributed by atoms with Crippen molar-refractivity contribution in [3.8, 4) is 74.0 Å². The number of fused-ring (bicyclic) bond motifs is 2. The Morgan fingerprint density at radius 1 is 0.512 bits per heavy atom. The van der Waals surface area contributed by atoms with Crippen LogP contribution in [0, 0.1) is 0 Å². The second-order valence-electron chi connectivity index (χ2n) is 9.19. The summed E-state index contributed by atoms with van der Waals surface area (Å²) in [6.45, 7) is 0. The van der Waals surface area contributed by atoms with E-state index in [1.165, 1.54) is 30.3 Å². The van der Waals surface area contributed by atoms with Crippen LogP contribution in [0.25, 0.3) is 55.7 Å². The Bertz CT molecular complexity index is 2160. The summed E-state index contributed by atoms with van der Waals surface area (Å²) in [5.74, 6) is -3.73. The molecular formula is C30H18O11. The second-order valence-corrected chi connectivity index (χ2v) is 9.19. The Balaban J connectivity index is 1.80. The molecule has 41 heavy (non-hydrogen) atoms. The van der Waals surface area contributed by atoms with Crippen molar-refractivity contribution in [3.63, 3.8) is 0 Å². The fourth-order valence-corrected chi connectivity index (χ4v) is 4.69. The summed E-state index contributed by atoms with van der Waals surface area (Å²) in [6.07, 6.45) is 0. The third-order valence-corrected chi connectivity index (χ3v) is 6.56. The van der Waals surface area contributed by atoms with E-state index in [-0.39, 0.29) is 50.5 Å². The molecule has 0 amide bonds. The minimum atomic E-state index is -0.885. The molecule has 0 spiro atoms. The average Bonchev–Trinajstić information content (AvgIpc) is 2.90. The van der Waals surface area contributed by atoms with E-state index in [0.29, 0.717) is 0 Å². The van der Waals surface area contributed by atoms with Gasteiger partial charge in [-0.05, 0) is 42.5 Å². The lowest BCUT2D eigenvalue weighted by Crippen LogP contribution is -2.10. The zero-order valence-corrected chi connectivity index (χ0v) is 20.6. The van der Waals surface area contributed by atoms with Crippen molar-refractivity contribution >= 4 is 21.9 Å². The van der Waals surface area contributed by atoms with Crippen molar-refractivity contribution in [3.05, 3.63) is 87.2 Å². The van der Waals surface area contributed by atoms with Gasteiger partial charge in [-0.25, -0.2) is 0 Å². The Kier molecular flexibility index (Phi) is 5.52. The lowest BCUT2D eigenvalue weighted by molar-refractivity contribution is 0.404. The van der Waals surface area contributed by atoms with Crippen LogP contribution in [0.1, 0.15) is 0 Å². The van der Waals surface area contributed by atoms with Crippen LogP contribution >= 0.6 is 0 Å². The highest BCUT2D eigenvalue weighted by atomic mass is 16.3. The highest BCUT2D eigenvalue weighted by Gasteiger charge is 2.28. The topological polar surface area (TPSA) is 202 Å². The fraction of sp³-hybridized carbons (Fsp3) is 0. The van der Waals surface area contributed by atoms with Crippen LogP contribution in [0.2, 0.25) is 0 Å². The highest BCUT2D eigenvalue weighted by molar-refractivity contribution is 6.04. The maximum atomic E-state index is 14.0. The summed E-state index contributed by atoms with van der Waals surface area (Å²) in [7, 11) is 0. The molecule has 0 saturated heterocycles. The zero-order chi connectivity index (χ0) is 29.2. The van der Waals surface area contributed by atoms with Crippen LogP contribution in [0.5, 0.6) is 40.2 Å². The van der Waals surface area contributed by atoms with Gasteiger partial charge in [0.15, 0.2) is 22.5 Å². The van der Waals surface area contributed by atoms with Crippen LogP contribution < -0.4 is 10.9 Å². The molecule has 0 saturated carbocycles. The summed E-state index contributed by atoms with van der Waals surface area (Å²) in [5.41, 5.74) is -2.66. The smallest absolute Gasteiger partial charge is 0.205 e. The van der Waals surface area contributed by atoms with Gasteiger partial charge in [-0.15, -0.1) is 0 Å². The van der Waals surface area contributed by atoms with Crippen molar-refractivity contribution in [2.45, 2.75) is 0 Å². The Morgan fingerprint density at radius 3 is 1.90 bits per heavy atom. The van der Waals surface area contributed by atoms with E-state index in [2.05, 4.69) is 0 Å². The first-order valence-electron chi connectivity index (χ1n) is 11.9. The molecule has 204 valence electrons. The Morgan fingerprint density at radius 2 is 1.20 bits per heavy atom. The first kappa shape index (κ1) is 25.2. The van der Waals surface area contributed by atoms with E-state index < -0.39 is 56.3 Å². The summed E-state index contributed by atoms with van der Waals surface area (Å²) in [5, 5.41) is 70.9. The van der Waals surface area contributed by atoms with Crippen LogP contribution in [0.3, 0.4) is 0 Å². The number of aromatic hydroxyl groups is 7. The quantitative estimate of drug-likeness (QED) is 0.148. The monoisotopic (exact) mass is 554 g/mol. The molecule has 6 rings (SSSR count). The molecule has 11 nitrogen and oxygen atoms in total. The third-order valence-electron chi connectivity index (χ3n) is 6.56. The molecule has 0 atom stereocenters. The van der Waals surface area contributed by atoms with Gasteiger partial charge < -0.3 is 44.6 Å². The van der Waals surface area contributed by atoms with Gasteiger partial charge in [0.05, 0.1) is 11.1 Å². The number of phenolic OH excluding ortho intramolecular Hbond substituents is 7. The molecule has 6 aromatic rings. The number of hydrogen-bond acceptors (Lipinski definition) is 11. The molecule has 0 unspecified atom stereocenters. The molecule has 0 fully saturated rings. The number of rotatable bonds is 3. The molecule has 0 aliphatic heterocycles. The molecule has 0 bridgehead atoms. The average molecular weight is 554 g/mol.